The number of nitrogens with one attached hydrogen (secondary N) is 2. The number of aromatic amines is 1. The van der Waals surface area contributed by atoms with Crippen molar-refractivity contribution >= 4 is 26.0 Å². The van der Waals surface area contributed by atoms with Crippen LogP contribution in [0.2, 0.25) is 0 Å². The Labute approximate surface area is 114 Å². The number of rotatable bonds is 5. The first kappa shape index (κ1) is 13.3. The Morgan fingerprint density at radius 3 is 2.61 bits per heavy atom. The molecule has 0 bridgehead atoms. The van der Waals surface area contributed by atoms with Gasteiger partial charge in [-0.15, -0.1) is 0 Å². The second-order valence-electron chi connectivity index (χ2n) is 3.64. The first-order chi connectivity index (χ1) is 8.58. The third-order valence-electron chi connectivity index (χ3n) is 2.33. The highest BCUT2D eigenvalue weighted by atomic mass is 79.9. The van der Waals surface area contributed by atoms with E-state index in [0.717, 1.165) is 10.3 Å². The van der Waals surface area contributed by atoms with Gasteiger partial charge in [0, 0.05) is 29.8 Å². The summed E-state index contributed by atoms with van der Waals surface area (Å²) in [7, 11) is -3.44. The van der Waals surface area contributed by atoms with Crippen molar-refractivity contribution in [1.82, 2.24) is 14.7 Å². The van der Waals surface area contributed by atoms with Crippen molar-refractivity contribution in [3.63, 3.8) is 0 Å². The average Bonchev–Trinajstić information content (AvgIpc) is 2.82. The van der Waals surface area contributed by atoms with E-state index in [2.05, 4.69) is 30.6 Å². The van der Waals surface area contributed by atoms with Crippen molar-refractivity contribution in [2.75, 3.05) is 6.54 Å². The highest BCUT2D eigenvalue weighted by Crippen LogP contribution is 2.14. The molecule has 0 radical (unpaired) electrons. The zero-order valence-corrected chi connectivity index (χ0v) is 11.8. The van der Waals surface area contributed by atoms with Gasteiger partial charge in [-0.3, -0.25) is 0 Å². The molecular weight excluding hydrogens is 318 g/mol. The van der Waals surface area contributed by atoms with Crippen LogP contribution in [0.25, 0.3) is 0 Å². The summed E-state index contributed by atoms with van der Waals surface area (Å²) in [6.07, 6.45) is 3.87. The van der Waals surface area contributed by atoms with Gasteiger partial charge in [-0.05, 0) is 24.3 Å². The lowest BCUT2D eigenvalue weighted by Crippen LogP contribution is -2.26. The van der Waals surface area contributed by atoms with E-state index in [1.165, 1.54) is 0 Å². The van der Waals surface area contributed by atoms with Crippen LogP contribution in [-0.2, 0) is 16.4 Å². The van der Waals surface area contributed by atoms with Crippen molar-refractivity contribution in [3.05, 3.63) is 47.0 Å². The van der Waals surface area contributed by atoms with Crippen LogP contribution in [0.1, 0.15) is 5.82 Å². The highest BCUT2D eigenvalue weighted by molar-refractivity contribution is 9.10. The van der Waals surface area contributed by atoms with Gasteiger partial charge in [0.15, 0.2) is 0 Å². The molecule has 5 nitrogen and oxygen atoms in total. The normalized spacial score (nSPS) is 11.6. The van der Waals surface area contributed by atoms with Crippen LogP contribution in [0.15, 0.2) is 46.0 Å². The topological polar surface area (TPSA) is 74.8 Å². The van der Waals surface area contributed by atoms with Crippen LogP contribution >= 0.6 is 15.9 Å². The maximum atomic E-state index is 11.9. The second kappa shape index (κ2) is 5.64. The molecule has 2 N–H and O–H groups in total. The molecule has 0 unspecified atom stereocenters. The molecule has 96 valence electrons. The Bertz CT molecular complexity index is 594. The fraction of sp³-hybridized carbons (Fsp3) is 0.182. The molecule has 2 rings (SSSR count). The molecule has 18 heavy (non-hydrogen) atoms. The highest BCUT2D eigenvalue weighted by Gasteiger charge is 2.12. The number of aromatic nitrogens is 2. The molecule has 1 aromatic carbocycles. The molecule has 0 amide bonds. The number of benzene rings is 1. The zero-order chi connectivity index (χ0) is 13.0. The van der Waals surface area contributed by atoms with Crippen LogP contribution in [0.4, 0.5) is 0 Å². The fourth-order valence-corrected chi connectivity index (χ4v) is 2.73. The second-order valence-corrected chi connectivity index (χ2v) is 6.32. The van der Waals surface area contributed by atoms with Crippen LogP contribution in [0.5, 0.6) is 0 Å². The first-order valence-electron chi connectivity index (χ1n) is 5.31. The van der Waals surface area contributed by atoms with Gasteiger partial charge in [0.05, 0.1) is 4.90 Å². The van der Waals surface area contributed by atoms with Crippen molar-refractivity contribution in [2.45, 2.75) is 11.3 Å². The minimum absolute atomic E-state index is 0.255. The summed E-state index contributed by atoms with van der Waals surface area (Å²) in [6.45, 7) is 0.311. The summed E-state index contributed by atoms with van der Waals surface area (Å²) >= 11 is 3.26. The quantitative estimate of drug-likeness (QED) is 0.876. The van der Waals surface area contributed by atoms with Crippen molar-refractivity contribution in [3.8, 4) is 0 Å². The molecule has 0 saturated carbocycles. The molecule has 0 fully saturated rings. The Balaban J connectivity index is 1.97. The van der Waals surface area contributed by atoms with Gasteiger partial charge < -0.3 is 4.98 Å². The number of H-pyrrole nitrogens is 1. The predicted molar refractivity (Wildman–Crippen MR) is 71.6 cm³/mol. The van der Waals surface area contributed by atoms with Gasteiger partial charge in [0.25, 0.3) is 0 Å². The molecule has 2 aromatic rings. The molecule has 0 aliphatic heterocycles. The number of hydrogen-bond acceptors (Lipinski definition) is 3. The lowest BCUT2D eigenvalue weighted by molar-refractivity contribution is 0.581. The minimum Gasteiger partial charge on any atom is -0.349 e. The van der Waals surface area contributed by atoms with E-state index in [1.807, 2.05) is 0 Å². The Hall–Kier alpha value is -1.18. The first-order valence-corrected chi connectivity index (χ1v) is 7.59. The Morgan fingerprint density at radius 1 is 1.28 bits per heavy atom. The number of hydrogen-bond donors (Lipinski definition) is 2. The van der Waals surface area contributed by atoms with E-state index in [4.69, 9.17) is 0 Å². The standard InChI is InChI=1S/C11H12BrN3O2S/c12-9-1-3-10(4-2-9)18(16,17)15-6-5-11-13-7-8-14-11/h1-4,7-8,15H,5-6H2,(H,13,14). The van der Waals surface area contributed by atoms with Gasteiger partial charge in [-0.1, -0.05) is 15.9 Å². The van der Waals surface area contributed by atoms with Gasteiger partial charge in [-0.25, -0.2) is 18.1 Å². The van der Waals surface area contributed by atoms with E-state index in [-0.39, 0.29) is 4.90 Å². The summed E-state index contributed by atoms with van der Waals surface area (Å²) in [5.74, 6) is 0.758. The average molecular weight is 330 g/mol. The van der Waals surface area contributed by atoms with E-state index in [1.54, 1.807) is 36.7 Å². The smallest absolute Gasteiger partial charge is 0.240 e. The number of halogens is 1. The summed E-state index contributed by atoms with van der Waals surface area (Å²) in [4.78, 5) is 7.20. The third-order valence-corrected chi connectivity index (χ3v) is 4.34. The number of sulfonamides is 1. The van der Waals surface area contributed by atoms with E-state index < -0.39 is 10.0 Å². The fourth-order valence-electron chi connectivity index (χ4n) is 1.44. The number of imidazole rings is 1. The molecule has 7 heteroatoms. The molecule has 0 saturated heterocycles. The van der Waals surface area contributed by atoms with Crippen LogP contribution < -0.4 is 4.72 Å². The zero-order valence-electron chi connectivity index (χ0n) is 9.43. The SMILES string of the molecule is O=S(=O)(NCCc1ncc[nH]1)c1ccc(Br)cc1. The molecular formula is C11H12BrN3O2S. The van der Waals surface area contributed by atoms with Crippen molar-refractivity contribution in [1.29, 1.82) is 0 Å². The monoisotopic (exact) mass is 329 g/mol. The Kier molecular flexibility index (Phi) is 4.15. The third kappa shape index (κ3) is 3.41. The molecule has 0 aliphatic rings. The van der Waals surface area contributed by atoms with Crippen LogP contribution in [-0.4, -0.2) is 24.9 Å². The molecule has 0 aliphatic carbocycles. The predicted octanol–water partition coefficient (Wildman–Crippen LogP) is 1.69. The van der Waals surface area contributed by atoms with E-state index in [0.29, 0.717) is 13.0 Å². The van der Waals surface area contributed by atoms with Gasteiger partial charge in [0.2, 0.25) is 10.0 Å². The largest absolute Gasteiger partial charge is 0.349 e. The maximum absolute atomic E-state index is 11.9. The minimum atomic E-state index is -3.44. The maximum Gasteiger partial charge on any atom is 0.240 e. The summed E-state index contributed by atoms with van der Waals surface area (Å²) in [5, 5.41) is 0. The van der Waals surface area contributed by atoms with E-state index >= 15 is 0 Å². The van der Waals surface area contributed by atoms with Crippen molar-refractivity contribution in [2.24, 2.45) is 0 Å². The Morgan fingerprint density at radius 2 is 2.00 bits per heavy atom. The molecule has 0 atom stereocenters. The van der Waals surface area contributed by atoms with Gasteiger partial charge in [0.1, 0.15) is 5.82 Å². The van der Waals surface area contributed by atoms with Crippen LogP contribution in [0.3, 0.4) is 0 Å². The van der Waals surface area contributed by atoms with Crippen LogP contribution in [0, 0.1) is 0 Å². The lowest BCUT2D eigenvalue weighted by Gasteiger charge is -2.05. The molecule has 0 spiro atoms. The number of nitrogens with zero attached hydrogens (tertiary/aromatic N) is 1. The summed E-state index contributed by atoms with van der Waals surface area (Å²) in [6, 6.07) is 6.50. The van der Waals surface area contributed by atoms with E-state index in [9.17, 15) is 8.42 Å². The lowest BCUT2D eigenvalue weighted by atomic mass is 10.4. The summed E-state index contributed by atoms with van der Waals surface area (Å²) in [5.41, 5.74) is 0. The summed E-state index contributed by atoms with van der Waals surface area (Å²) < 4.78 is 27.2. The van der Waals surface area contributed by atoms with Gasteiger partial charge >= 0.3 is 0 Å². The van der Waals surface area contributed by atoms with Crippen molar-refractivity contribution < 1.29 is 8.42 Å². The molecule has 1 heterocycles. The molecule has 1 aromatic heterocycles. The van der Waals surface area contributed by atoms with Gasteiger partial charge in [-0.2, -0.15) is 0 Å².